The highest BCUT2D eigenvalue weighted by Gasteiger charge is 2.19. The highest BCUT2D eigenvalue weighted by atomic mass is 16.5. The molecule has 152 valence electrons. The van der Waals surface area contributed by atoms with Gasteiger partial charge in [0.05, 0.1) is 14.2 Å². The van der Waals surface area contributed by atoms with Crippen LogP contribution in [-0.4, -0.2) is 43.1 Å². The van der Waals surface area contributed by atoms with Crippen molar-refractivity contribution >= 4 is 5.91 Å². The molecule has 0 radical (unpaired) electrons. The Labute approximate surface area is 171 Å². The third-order valence-corrected chi connectivity index (χ3v) is 4.76. The minimum absolute atomic E-state index is 0.118. The molecule has 6 heteroatoms. The molecular formula is C23H26N2O4. The van der Waals surface area contributed by atoms with Crippen molar-refractivity contribution < 1.29 is 18.7 Å². The van der Waals surface area contributed by atoms with Gasteiger partial charge < -0.3 is 18.8 Å². The van der Waals surface area contributed by atoms with Crippen LogP contribution in [0.1, 0.15) is 34.5 Å². The van der Waals surface area contributed by atoms with Crippen LogP contribution in [0.25, 0.3) is 0 Å². The monoisotopic (exact) mass is 394 g/mol. The second-order valence-corrected chi connectivity index (χ2v) is 6.58. The van der Waals surface area contributed by atoms with Crippen LogP contribution < -0.4 is 9.47 Å². The Bertz CT molecular complexity index is 937. The molecular weight excluding hydrogens is 368 g/mol. The molecule has 3 aromatic rings. The fraction of sp³-hybridized carbons (Fsp3) is 0.304. The van der Waals surface area contributed by atoms with Crippen LogP contribution >= 0.6 is 0 Å². The Morgan fingerprint density at radius 3 is 2.66 bits per heavy atom. The van der Waals surface area contributed by atoms with Gasteiger partial charge in [-0.1, -0.05) is 6.07 Å². The molecule has 0 N–H and O–H groups in total. The van der Waals surface area contributed by atoms with Crippen molar-refractivity contribution in [2.45, 2.75) is 19.8 Å². The topological polar surface area (TPSA) is 64.8 Å². The zero-order valence-corrected chi connectivity index (χ0v) is 17.1. The van der Waals surface area contributed by atoms with Crippen LogP contribution in [0.15, 0.2) is 59.1 Å². The normalized spacial score (nSPS) is 10.6. The molecule has 1 amide bonds. The largest absolute Gasteiger partial charge is 0.497 e. The number of carbonyl (C=O) groups is 1. The number of hydrogen-bond acceptors (Lipinski definition) is 5. The van der Waals surface area contributed by atoms with E-state index < -0.39 is 0 Å². The molecule has 0 saturated carbocycles. The van der Waals surface area contributed by atoms with E-state index in [4.69, 9.17) is 13.9 Å². The third-order valence-electron chi connectivity index (χ3n) is 4.76. The van der Waals surface area contributed by atoms with Gasteiger partial charge in [0, 0.05) is 43.4 Å². The summed E-state index contributed by atoms with van der Waals surface area (Å²) in [7, 11) is 3.25. The summed E-state index contributed by atoms with van der Waals surface area (Å²) in [5.41, 5.74) is 1.90. The minimum atomic E-state index is -0.118. The molecule has 0 spiro atoms. The summed E-state index contributed by atoms with van der Waals surface area (Å²) in [6.45, 7) is 3.15. The molecule has 0 aliphatic heterocycles. The van der Waals surface area contributed by atoms with E-state index in [1.165, 1.54) is 0 Å². The molecule has 1 aromatic carbocycles. The number of furan rings is 1. The van der Waals surface area contributed by atoms with Crippen molar-refractivity contribution in [1.82, 2.24) is 9.88 Å². The molecule has 2 aromatic heterocycles. The zero-order chi connectivity index (χ0) is 20.6. The maximum absolute atomic E-state index is 12.9. The van der Waals surface area contributed by atoms with Gasteiger partial charge in [0.1, 0.15) is 17.3 Å². The van der Waals surface area contributed by atoms with E-state index in [1.807, 2.05) is 49.4 Å². The van der Waals surface area contributed by atoms with E-state index >= 15 is 0 Å². The fourth-order valence-electron chi connectivity index (χ4n) is 3.15. The lowest BCUT2D eigenvalue weighted by Crippen LogP contribution is -2.32. The van der Waals surface area contributed by atoms with Crippen molar-refractivity contribution in [2.24, 2.45) is 0 Å². The Morgan fingerprint density at radius 2 is 1.97 bits per heavy atom. The molecule has 2 heterocycles. The van der Waals surface area contributed by atoms with E-state index in [9.17, 15) is 4.79 Å². The Hall–Kier alpha value is -3.28. The van der Waals surface area contributed by atoms with Gasteiger partial charge in [-0.15, -0.1) is 0 Å². The van der Waals surface area contributed by atoms with Gasteiger partial charge in [-0.2, -0.15) is 0 Å². The molecule has 29 heavy (non-hydrogen) atoms. The van der Waals surface area contributed by atoms with Crippen molar-refractivity contribution in [1.29, 1.82) is 0 Å². The van der Waals surface area contributed by atoms with Crippen molar-refractivity contribution in [3.8, 4) is 11.5 Å². The first-order valence-electron chi connectivity index (χ1n) is 9.63. The van der Waals surface area contributed by atoms with Gasteiger partial charge in [0.25, 0.3) is 5.91 Å². The van der Waals surface area contributed by atoms with Crippen LogP contribution in [0.4, 0.5) is 0 Å². The van der Waals surface area contributed by atoms with E-state index in [0.717, 1.165) is 22.8 Å². The maximum atomic E-state index is 12.9. The summed E-state index contributed by atoms with van der Waals surface area (Å²) in [5, 5.41) is 0. The number of ether oxygens (including phenoxy) is 2. The Morgan fingerprint density at radius 1 is 1.10 bits per heavy atom. The number of methoxy groups -OCH3 is 2. The van der Waals surface area contributed by atoms with Crippen LogP contribution in [0.3, 0.4) is 0 Å². The quantitative estimate of drug-likeness (QED) is 0.549. The second kappa shape index (κ2) is 9.78. The number of carbonyl (C=O) groups excluding carboxylic acids is 1. The van der Waals surface area contributed by atoms with Gasteiger partial charge >= 0.3 is 0 Å². The first-order valence-corrected chi connectivity index (χ1v) is 9.63. The van der Waals surface area contributed by atoms with Crippen LogP contribution in [0, 0.1) is 0 Å². The molecule has 0 aliphatic carbocycles. The standard InChI is InChI=1S/C23H26N2O4/c1-4-25(14-12-18-7-5-6-13-24-18)23(26)22-11-9-20(29-22)16-17-15-19(27-2)8-10-21(17)28-3/h5-11,13,15H,4,12,14,16H2,1-3H3. The number of likely N-dealkylation sites (N-methyl/N-ethyl adjacent to an activating group) is 1. The van der Waals surface area contributed by atoms with E-state index in [-0.39, 0.29) is 5.91 Å². The lowest BCUT2D eigenvalue weighted by atomic mass is 10.1. The number of nitrogens with zero attached hydrogens (tertiary/aromatic N) is 2. The first kappa shape index (κ1) is 20.5. The number of rotatable bonds is 9. The average molecular weight is 394 g/mol. The van der Waals surface area contributed by atoms with Gasteiger partial charge in [0.15, 0.2) is 5.76 Å². The van der Waals surface area contributed by atoms with Crippen molar-refractivity contribution in [3.63, 3.8) is 0 Å². The summed E-state index contributed by atoms with van der Waals surface area (Å²) in [6, 6.07) is 15.0. The summed E-state index contributed by atoms with van der Waals surface area (Å²) in [6.07, 6.45) is 2.97. The molecule has 0 aliphatic rings. The Balaban J connectivity index is 1.69. The SMILES string of the molecule is CCN(CCc1ccccn1)C(=O)c1ccc(Cc2cc(OC)ccc2OC)o1. The number of pyridine rings is 1. The summed E-state index contributed by atoms with van der Waals surface area (Å²) < 4.78 is 16.6. The number of benzene rings is 1. The summed E-state index contributed by atoms with van der Waals surface area (Å²) in [4.78, 5) is 18.9. The van der Waals surface area contributed by atoms with E-state index in [1.54, 1.807) is 31.4 Å². The number of amides is 1. The average Bonchev–Trinajstić information content (AvgIpc) is 3.23. The predicted octanol–water partition coefficient (Wildman–Crippen LogP) is 3.99. The van der Waals surface area contributed by atoms with E-state index in [2.05, 4.69) is 4.98 Å². The zero-order valence-electron chi connectivity index (χ0n) is 17.1. The summed E-state index contributed by atoms with van der Waals surface area (Å²) >= 11 is 0. The highest BCUT2D eigenvalue weighted by Crippen LogP contribution is 2.27. The second-order valence-electron chi connectivity index (χ2n) is 6.58. The lowest BCUT2D eigenvalue weighted by Gasteiger charge is -2.19. The molecule has 0 unspecified atom stereocenters. The molecule has 0 atom stereocenters. The molecule has 3 rings (SSSR count). The number of hydrogen-bond donors (Lipinski definition) is 0. The molecule has 6 nitrogen and oxygen atoms in total. The van der Waals surface area contributed by atoms with E-state index in [0.29, 0.717) is 37.5 Å². The van der Waals surface area contributed by atoms with Crippen molar-refractivity contribution in [2.75, 3.05) is 27.3 Å². The highest BCUT2D eigenvalue weighted by molar-refractivity contribution is 5.91. The van der Waals surface area contributed by atoms with Crippen LogP contribution in [0.2, 0.25) is 0 Å². The van der Waals surface area contributed by atoms with Gasteiger partial charge in [-0.3, -0.25) is 9.78 Å². The lowest BCUT2D eigenvalue weighted by molar-refractivity contribution is 0.0732. The molecule has 0 fully saturated rings. The van der Waals surface area contributed by atoms with Crippen LogP contribution in [0.5, 0.6) is 11.5 Å². The third kappa shape index (κ3) is 5.16. The van der Waals surface area contributed by atoms with Crippen LogP contribution in [-0.2, 0) is 12.8 Å². The molecule has 0 saturated heterocycles. The summed E-state index contributed by atoms with van der Waals surface area (Å²) in [5.74, 6) is 2.41. The van der Waals surface area contributed by atoms with Gasteiger partial charge in [-0.25, -0.2) is 0 Å². The fourth-order valence-corrected chi connectivity index (χ4v) is 3.15. The smallest absolute Gasteiger partial charge is 0.289 e. The first-order chi connectivity index (χ1) is 14.1. The van der Waals surface area contributed by atoms with Gasteiger partial charge in [-0.05, 0) is 49.4 Å². The maximum Gasteiger partial charge on any atom is 0.289 e. The van der Waals surface area contributed by atoms with Crippen molar-refractivity contribution in [3.05, 3.63) is 77.5 Å². The minimum Gasteiger partial charge on any atom is -0.497 e. The molecule has 0 bridgehead atoms. The number of aromatic nitrogens is 1. The van der Waals surface area contributed by atoms with Gasteiger partial charge in [0.2, 0.25) is 0 Å². The predicted molar refractivity (Wildman–Crippen MR) is 111 cm³/mol. The Kier molecular flexibility index (Phi) is 6.89.